The van der Waals surface area contributed by atoms with Crippen LogP contribution in [-0.2, 0) is 0 Å². The number of hydrogen-bond acceptors (Lipinski definition) is 3. The fraction of sp³-hybridized carbons (Fsp3) is 0.278. The van der Waals surface area contributed by atoms with Gasteiger partial charge in [-0.1, -0.05) is 29.8 Å². The van der Waals surface area contributed by atoms with E-state index in [0.29, 0.717) is 18.7 Å². The first kappa shape index (κ1) is 16.4. The summed E-state index contributed by atoms with van der Waals surface area (Å²) in [7, 11) is 0. The molecule has 0 aliphatic carbocycles. The van der Waals surface area contributed by atoms with Crippen LogP contribution in [0.4, 0.5) is 0 Å². The maximum absolute atomic E-state index is 12.2. The van der Waals surface area contributed by atoms with Crippen LogP contribution in [0.1, 0.15) is 21.5 Å². The van der Waals surface area contributed by atoms with Crippen LogP contribution >= 0.6 is 11.8 Å². The number of ether oxygens (including phenoxy) is 1. The maximum Gasteiger partial charge on any atom is 0.252 e. The third kappa shape index (κ3) is 4.28. The van der Waals surface area contributed by atoms with Gasteiger partial charge in [0.05, 0.1) is 12.1 Å². The third-order valence-electron chi connectivity index (χ3n) is 3.33. The summed E-state index contributed by atoms with van der Waals surface area (Å²) in [6, 6.07) is 13.7. The lowest BCUT2D eigenvalue weighted by molar-refractivity contribution is 0.0944. The normalized spacial score (nSPS) is 10.3. The van der Waals surface area contributed by atoms with Gasteiger partial charge in [-0.05, 0) is 43.9 Å². The number of benzene rings is 2. The molecule has 1 amide bonds. The molecule has 0 unspecified atom stereocenters. The van der Waals surface area contributed by atoms with E-state index in [1.807, 2.05) is 49.6 Å². The second-order valence-electron chi connectivity index (χ2n) is 5.07. The van der Waals surface area contributed by atoms with Crippen molar-refractivity contribution >= 4 is 17.7 Å². The molecule has 0 aliphatic heterocycles. The molecule has 0 aromatic heterocycles. The second kappa shape index (κ2) is 7.90. The summed E-state index contributed by atoms with van der Waals surface area (Å²) in [5, 5.41) is 2.90. The zero-order valence-electron chi connectivity index (χ0n) is 13.2. The van der Waals surface area contributed by atoms with Crippen molar-refractivity contribution in [1.29, 1.82) is 0 Å². The minimum absolute atomic E-state index is 0.0609. The Labute approximate surface area is 136 Å². The van der Waals surface area contributed by atoms with Crippen LogP contribution in [0, 0.1) is 13.8 Å². The summed E-state index contributed by atoms with van der Waals surface area (Å²) in [5.41, 5.74) is 3.03. The van der Waals surface area contributed by atoms with Crippen LogP contribution in [0.3, 0.4) is 0 Å². The van der Waals surface area contributed by atoms with Crippen LogP contribution < -0.4 is 10.1 Å². The zero-order valence-corrected chi connectivity index (χ0v) is 14.0. The van der Waals surface area contributed by atoms with Crippen molar-refractivity contribution in [2.24, 2.45) is 0 Å². The van der Waals surface area contributed by atoms with Gasteiger partial charge < -0.3 is 10.1 Å². The monoisotopic (exact) mass is 315 g/mol. The van der Waals surface area contributed by atoms with Crippen LogP contribution in [-0.4, -0.2) is 25.3 Å². The lowest BCUT2D eigenvalue weighted by Gasteiger charge is -2.11. The quantitative estimate of drug-likeness (QED) is 0.650. The molecule has 0 saturated heterocycles. The Kier molecular flexibility index (Phi) is 5.90. The number of carbonyl (C=O) groups excluding carboxylic acids is 1. The van der Waals surface area contributed by atoms with E-state index in [-0.39, 0.29) is 5.91 Å². The van der Waals surface area contributed by atoms with E-state index in [0.717, 1.165) is 16.2 Å². The number of amides is 1. The largest absolute Gasteiger partial charge is 0.491 e. The SMILES string of the molecule is CSc1ccccc1C(=O)NCCOc1ccc(C)cc1C. The Hall–Kier alpha value is -1.94. The van der Waals surface area contributed by atoms with Gasteiger partial charge in [0.1, 0.15) is 12.4 Å². The van der Waals surface area contributed by atoms with Gasteiger partial charge in [0.25, 0.3) is 5.91 Å². The number of hydrogen-bond donors (Lipinski definition) is 1. The first-order chi connectivity index (χ1) is 10.6. The minimum atomic E-state index is -0.0609. The van der Waals surface area contributed by atoms with E-state index >= 15 is 0 Å². The highest BCUT2D eigenvalue weighted by Crippen LogP contribution is 2.20. The molecule has 0 heterocycles. The molecule has 22 heavy (non-hydrogen) atoms. The highest BCUT2D eigenvalue weighted by atomic mass is 32.2. The molecule has 3 nitrogen and oxygen atoms in total. The molecule has 116 valence electrons. The summed E-state index contributed by atoms with van der Waals surface area (Å²) in [5.74, 6) is 0.804. The lowest BCUT2D eigenvalue weighted by atomic mass is 10.1. The molecule has 0 bridgehead atoms. The van der Waals surface area contributed by atoms with Crippen molar-refractivity contribution in [1.82, 2.24) is 5.32 Å². The number of nitrogens with one attached hydrogen (secondary N) is 1. The van der Waals surface area contributed by atoms with Gasteiger partial charge >= 0.3 is 0 Å². The molecule has 1 N–H and O–H groups in total. The summed E-state index contributed by atoms with van der Waals surface area (Å²) < 4.78 is 5.71. The maximum atomic E-state index is 12.2. The van der Waals surface area contributed by atoms with Crippen LogP contribution in [0.2, 0.25) is 0 Å². The molecule has 0 fully saturated rings. The fourth-order valence-electron chi connectivity index (χ4n) is 2.21. The molecule has 2 aromatic carbocycles. The van der Waals surface area contributed by atoms with Crippen LogP contribution in [0.5, 0.6) is 5.75 Å². The number of aryl methyl sites for hydroxylation is 2. The van der Waals surface area contributed by atoms with E-state index in [9.17, 15) is 4.79 Å². The van der Waals surface area contributed by atoms with Gasteiger partial charge in [0.15, 0.2) is 0 Å². The van der Waals surface area contributed by atoms with Crippen LogP contribution in [0.25, 0.3) is 0 Å². The number of rotatable bonds is 6. The topological polar surface area (TPSA) is 38.3 Å². The summed E-state index contributed by atoms with van der Waals surface area (Å²) in [4.78, 5) is 13.1. The first-order valence-corrected chi connectivity index (χ1v) is 8.45. The van der Waals surface area contributed by atoms with E-state index in [1.165, 1.54) is 5.56 Å². The van der Waals surface area contributed by atoms with Crippen molar-refractivity contribution in [3.05, 3.63) is 59.2 Å². The van der Waals surface area contributed by atoms with Crippen molar-refractivity contribution in [3.8, 4) is 5.75 Å². The smallest absolute Gasteiger partial charge is 0.252 e. The van der Waals surface area contributed by atoms with Gasteiger partial charge in [-0.3, -0.25) is 4.79 Å². The van der Waals surface area contributed by atoms with Gasteiger partial charge in [-0.2, -0.15) is 0 Å². The Balaban J connectivity index is 1.84. The van der Waals surface area contributed by atoms with Gasteiger partial charge in [0.2, 0.25) is 0 Å². The van der Waals surface area contributed by atoms with Gasteiger partial charge in [-0.15, -0.1) is 11.8 Å². The molecule has 2 aromatic rings. The number of carbonyl (C=O) groups is 1. The molecule has 0 saturated carbocycles. The molecular formula is C18H21NO2S. The van der Waals surface area contributed by atoms with Crippen molar-refractivity contribution in [2.75, 3.05) is 19.4 Å². The molecule has 2 rings (SSSR count). The molecule has 0 radical (unpaired) electrons. The zero-order chi connectivity index (χ0) is 15.9. The minimum Gasteiger partial charge on any atom is -0.491 e. The molecule has 4 heteroatoms. The highest BCUT2D eigenvalue weighted by molar-refractivity contribution is 7.98. The van der Waals surface area contributed by atoms with E-state index < -0.39 is 0 Å². The van der Waals surface area contributed by atoms with Crippen molar-refractivity contribution in [3.63, 3.8) is 0 Å². The molecule has 0 spiro atoms. The Morgan fingerprint density at radius 3 is 2.68 bits per heavy atom. The highest BCUT2D eigenvalue weighted by Gasteiger charge is 2.09. The standard InChI is InChI=1S/C18H21NO2S/c1-13-8-9-16(14(2)12-13)21-11-10-19-18(20)15-6-4-5-7-17(15)22-3/h4-9,12H,10-11H2,1-3H3,(H,19,20). The number of thioether (sulfide) groups is 1. The average Bonchev–Trinajstić information content (AvgIpc) is 2.53. The summed E-state index contributed by atoms with van der Waals surface area (Å²) in [6.45, 7) is 5.02. The van der Waals surface area contributed by atoms with E-state index in [1.54, 1.807) is 11.8 Å². The predicted molar refractivity (Wildman–Crippen MR) is 92.0 cm³/mol. The second-order valence-corrected chi connectivity index (χ2v) is 5.92. The Bertz CT molecular complexity index is 655. The summed E-state index contributed by atoms with van der Waals surface area (Å²) >= 11 is 1.57. The van der Waals surface area contributed by atoms with E-state index in [4.69, 9.17) is 4.74 Å². The van der Waals surface area contributed by atoms with Crippen molar-refractivity contribution in [2.45, 2.75) is 18.7 Å². The van der Waals surface area contributed by atoms with Gasteiger partial charge in [0, 0.05) is 4.90 Å². The third-order valence-corrected chi connectivity index (χ3v) is 4.12. The van der Waals surface area contributed by atoms with E-state index in [2.05, 4.69) is 18.3 Å². The lowest BCUT2D eigenvalue weighted by Crippen LogP contribution is -2.28. The predicted octanol–water partition coefficient (Wildman–Crippen LogP) is 3.83. The fourth-order valence-corrected chi connectivity index (χ4v) is 2.81. The van der Waals surface area contributed by atoms with Gasteiger partial charge in [-0.25, -0.2) is 0 Å². The molecular weight excluding hydrogens is 294 g/mol. The molecule has 0 aliphatic rings. The molecule has 0 atom stereocenters. The Morgan fingerprint density at radius 2 is 1.95 bits per heavy atom. The Morgan fingerprint density at radius 1 is 1.18 bits per heavy atom. The van der Waals surface area contributed by atoms with Crippen LogP contribution in [0.15, 0.2) is 47.4 Å². The van der Waals surface area contributed by atoms with Crippen molar-refractivity contribution < 1.29 is 9.53 Å². The average molecular weight is 315 g/mol. The first-order valence-electron chi connectivity index (χ1n) is 7.23. The summed E-state index contributed by atoms with van der Waals surface area (Å²) in [6.07, 6.45) is 1.97.